The molecule has 0 bridgehead atoms. The molecule has 0 atom stereocenters. The summed E-state index contributed by atoms with van der Waals surface area (Å²) in [6, 6.07) is 8.59. The SMILES string of the molecule is CC(C)(NC(=O)c1cc(-c2cccc(Cl)c2)n[nH]1)C(=O)O. The van der Waals surface area contributed by atoms with Gasteiger partial charge in [0.15, 0.2) is 0 Å². The molecule has 0 radical (unpaired) electrons. The molecule has 2 aromatic rings. The molecule has 1 aromatic carbocycles. The van der Waals surface area contributed by atoms with Crippen LogP contribution in [0.5, 0.6) is 0 Å². The molecule has 0 unspecified atom stereocenters. The summed E-state index contributed by atoms with van der Waals surface area (Å²) in [5.41, 5.74) is 0.128. The van der Waals surface area contributed by atoms with Crippen molar-refractivity contribution < 1.29 is 14.7 Å². The number of carboxylic acid groups (broad SMARTS) is 1. The van der Waals surface area contributed by atoms with Crippen molar-refractivity contribution in [3.05, 3.63) is 41.0 Å². The Hall–Kier alpha value is -2.34. The zero-order valence-electron chi connectivity index (χ0n) is 11.5. The number of nitrogens with zero attached hydrogens (tertiary/aromatic N) is 1. The van der Waals surface area contributed by atoms with Crippen LogP contribution in [0.15, 0.2) is 30.3 Å². The van der Waals surface area contributed by atoms with Gasteiger partial charge in [0.05, 0.1) is 5.69 Å². The number of nitrogens with one attached hydrogen (secondary N) is 2. The summed E-state index contributed by atoms with van der Waals surface area (Å²) in [7, 11) is 0. The number of halogens is 1. The lowest BCUT2D eigenvalue weighted by atomic mass is 10.1. The fourth-order valence-electron chi connectivity index (χ4n) is 1.64. The molecule has 0 aliphatic heterocycles. The van der Waals surface area contributed by atoms with Crippen LogP contribution in [0.3, 0.4) is 0 Å². The largest absolute Gasteiger partial charge is 0.480 e. The minimum absolute atomic E-state index is 0.180. The van der Waals surface area contributed by atoms with Gasteiger partial charge in [0.1, 0.15) is 11.2 Å². The maximum absolute atomic E-state index is 12.0. The molecular formula is C14H14ClN3O3. The van der Waals surface area contributed by atoms with Crippen LogP contribution in [0.2, 0.25) is 5.02 Å². The fourth-order valence-corrected chi connectivity index (χ4v) is 1.83. The van der Waals surface area contributed by atoms with Crippen molar-refractivity contribution in [1.29, 1.82) is 0 Å². The average Bonchev–Trinajstić information content (AvgIpc) is 2.87. The fraction of sp³-hybridized carbons (Fsp3) is 0.214. The predicted molar refractivity (Wildman–Crippen MR) is 78.2 cm³/mol. The number of hydrogen-bond acceptors (Lipinski definition) is 3. The van der Waals surface area contributed by atoms with E-state index in [2.05, 4.69) is 15.5 Å². The number of benzene rings is 1. The van der Waals surface area contributed by atoms with E-state index in [9.17, 15) is 9.59 Å². The van der Waals surface area contributed by atoms with Crippen LogP contribution in [0, 0.1) is 0 Å². The molecule has 7 heteroatoms. The van der Waals surface area contributed by atoms with Gasteiger partial charge in [-0.3, -0.25) is 9.89 Å². The number of carboxylic acids is 1. The second kappa shape index (κ2) is 5.57. The summed E-state index contributed by atoms with van der Waals surface area (Å²) in [6.45, 7) is 2.81. The van der Waals surface area contributed by atoms with Crippen molar-refractivity contribution in [2.75, 3.05) is 0 Å². The van der Waals surface area contributed by atoms with Gasteiger partial charge in [0.2, 0.25) is 0 Å². The van der Waals surface area contributed by atoms with Gasteiger partial charge in [-0.2, -0.15) is 5.10 Å². The van der Waals surface area contributed by atoms with Crippen LogP contribution in [-0.2, 0) is 4.79 Å². The second-order valence-corrected chi connectivity index (χ2v) is 5.50. The molecule has 0 fully saturated rings. The molecule has 0 aliphatic carbocycles. The summed E-state index contributed by atoms with van der Waals surface area (Å²) < 4.78 is 0. The molecule has 0 saturated carbocycles. The molecule has 6 nitrogen and oxygen atoms in total. The summed E-state index contributed by atoms with van der Waals surface area (Å²) in [6.07, 6.45) is 0. The van der Waals surface area contributed by atoms with E-state index in [-0.39, 0.29) is 5.69 Å². The van der Waals surface area contributed by atoms with Gasteiger partial charge in [-0.15, -0.1) is 0 Å². The lowest BCUT2D eigenvalue weighted by Gasteiger charge is -2.20. The monoisotopic (exact) mass is 307 g/mol. The number of rotatable bonds is 4. The molecule has 3 N–H and O–H groups in total. The van der Waals surface area contributed by atoms with E-state index in [0.29, 0.717) is 10.7 Å². The number of amides is 1. The van der Waals surface area contributed by atoms with Crippen LogP contribution in [-0.4, -0.2) is 32.7 Å². The Balaban J connectivity index is 2.20. The van der Waals surface area contributed by atoms with Crippen molar-refractivity contribution in [3.63, 3.8) is 0 Å². The average molecular weight is 308 g/mol. The Morgan fingerprint density at radius 2 is 2.05 bits per heavy atom. The Morgan fingerprint density at radius 3 is 2.67 bits per heavy atom. The van der Waals surface area contributed by atoms with Crippen LogP contribution in [0.1, 0.15) is 24.3 Å². The molecular weight excluding hydrogens is 294 g/mol. The van der Waals surface area contributed by atoms with Gasteiger partial charge < -0.3 is 10.4 Å². The second-order valence-electron chi connectivity index (χ2n) is 5.06. The third-order valence-corrected chi connectivity index (χ3v) is 3.14. The van der Waals surface area contributed by atoms with Crippen molar-refractivity contribution in [3.8, 4) is 11.3 Å². The van der Waals surface area contributed by atoms with E-state index >= 15 is 0 Å². The lowest BCUT2D eigenvalue weighted by Crippen LogP contribution is -2.49. The number of hydrogen-bond donors (Lipinski definition) is 3. The summed E-state index contributed by atoms with van der Waals surface area (Å²) >= 11 is 5.90. The zero-order valence-corrected chi connectivity index (χ0v) is 12.2. The Labute approximate surface area is 126 Å². The minimum Gasteiger partial charge on any atom is -0.480 e. The van der Waals surface area contributed by atoms with Crippen LogP contribution in [0.25, 0.3) is 11.3 Å². The summed E-state index contributed by atoms with van der Waals surface area (Å²) in [4.78, 5) is 23.0. The first-order valence-electron chi connectivity index (χ1n) is 6.17. The number of carbonyl (C=O) groups excluding carboxylic acids is 1. The van der Waals surface area contributed by atoms with Gasteiger partial charge in [-0.25, -0.2) is 4.79 Å². The molecule has 1 aromatic heterocycles. The van der Waals surface area contributed by atoms with Crippen LogP contribution in [0.4, 0.5) is 0 Å². The molecule has 1 heterocycles. The molecule has 110 valence electrons. The number of aromatic amines is 1. The minimum atomic E-state index is -1.36. The standard InChI is InChI=1S/C14H14ClN3O3/c1-14(2,13(20)21)16-12(19)11-7-10(17-18-11)8-4-3-5-9(15)6-8/h3-7H,1-2H3,(H,16,19)(H,17,18)(H,20,21). The lowest BCUT2D eigenvalue weighted by molar-refractivity contribution is -0.143. The van der Waals surface area contributed by atoms with Gasteiger partial charge in [0, 0.05) is 10.6 Å². The summed E-state index contributed by atoms with van der Waals surface area (Å²) in [5.74, 6) is -1.66. The first-order valence-corrected chi connectivity index (χ1v) is 6.54. The number of aliphatic carboxylic acids is 1. The highest BCUT2D eigenvalue weighted by Crippen LogP contribution is 2.21. The van der Waals surface area contributed by atoms with Crippen LogP contribution < -0.4 is 5.32 Å². The molecule has 21 heavy (non-hydrogen) atoms. The smallest absolute Gasteiger partial charge is 0.328 e. The topological polar surface area (TPSA) is 95.1 Å². The van der Waals surface area contributed by atoms with Gasteiger partial charge >= 0.3 is 5.97 Å². The number of carbonyl (C=O) groups is 2. The highest BCUT2D eigenvalue weighted by molar-refractivity contribution is 6.30. The van der Waals surface area contributed by atoms with E-state index in [1.807, 2.05) is 6.07 Å². The van der Waals surface area contributed by atoms with Crippen molar-refractivity contribution >= 4 is 23.5 Å². The van der Waals surface area contributed by atoms with Crippen molar-refractivity contribution in [1.82, 2.24) is 15.5 Å². The van der Waals surface area contributed by atoms with Gasteiger partial charge in [0.25, 0.3) is 5.91 Å². The molecule has 0 saturated heterocycles. The number of aromatic nitrogens is 2. The highest BCUT2D eigenvalue weighted by Gasteiger charge is 2.29. The number of H-pyrrole nitrogens is 1. The van der Waals surface area contributed by atoms with E-state index in [1.54, 1.807) is 24.3 Å². The highest BCUT2D eigenvalue weighted by atomic mass is 35.5. The molecule has 2 rings (SSSR count). The normalized spacial score (nSPS) is 11.2. The third kappa shape index (κ3) is 3.41. The van der Waals surface area contributed by atoms with Crippen LogP contribution >= 0.6 is 11.6 Å². The Kier molecular flexibility index (Phi) is 3.99. The van der Waals surface area contributed by atoms with Crippen molar-refractivity contribution in [2.45, 2.75) is 19.4 Å². The Bertz CT molecular complexity index is 694. The Morgan fingerprint density at radius 1 is 1.33 bits per heavy atom. The van der Waals surface area contributed by atoms with Crippen molar-refractivity contribution in [2.24, 2.45) is 0 Å². The van der Waals surface area contributed by atoms with Gasteiger partial charge in [-0.1, -0.05) is 23.7 Å². The van der Waals surface area contributed by atoms with E-state index < -0.39 is 17.4 Å². The molecule has 0 spiro atoms. The maximum Gasteiger partial charge on any atom is 0.328 e. The predicted octanol–water partition coefficient (Wildman–Crippen LogP) is 2.32. The van der Waals surface area contributed by atoms with E-state index in [0.717, 1.165) is 5.56 Å². The quantitative estimate of drug-likeness (QED) is 0.808. The zero-order chi connectivity index (χ0) is 15.6. The van der Waals surface area contributed by atoms with E-state index in [4.69, 9.17) is 16.7 Å². The first-order chi connectivity index (χ1) is 9.79. The first kappa shape index (κ1) is 15.1. The maximum atomic E-state index is 12.0. The molecule has 1 amide bonds. The third-order valence-electron chi connectivity index (χ3n) is 2.90. The van der Waals surface area contributed by atoms with Gasteiger partial charge in [-0.05, 0) is 32.0 Å². The molecule has 0 aliphatic rings. The van der Waals surface area contributed by atoms with E-state index in [1.165, 1.54) is 13.8 Å². The summed E-state index contributed by atoms with van der Waals surface area (Å²) in [5, 5.41) is 18.6.